The Bertz CT molecular complexity index is 782. The monoisotopic (exact) mass is 285 g/mol. The van der Waals surface area contributed by atoms with Crippen molar-refractivity contribution < 1.29 is 8.81 Å². The highest BCUT2D eigenvalue weighted by Gasteiger charge is 2.06. The molecule has 2 aromatic carbocycles. The van der Waals surface area contributed by atoms with Crippen molar-refractivity contribution in [1.29, 1.82) is 0 Å². The molecule has 1 aromatic heterocycles. The topological polar surface area (TPSA) is 64.1 Å². The largest absolute Gasteiger partial charge is 0.423 e. The third-order valence-corrected chi connectivity index (χ3v) is 3.39. The molecule has 108 valence electrons. The van der Waals surface area contributed by atoms with E-state index in [1.807, 2.05) is 13.0 Å². The minimum Gasteiger partial charge on any atom is -0.423 e. The summed E-state index contributed by atoms with van der Waals surface area (Å²) in [6.45, 7) is 2.56. The summed E-state index contributed by atoms with van der Waals surface area (Å²) >= 11 is 0. The molecule has 0 aliphatic heterocycles. The van der Waals surface area contributed by atoms with Crippen LogP contribution in [0, 0.1) is 12.7 Å². The molecule has 5 heteroatoms. The fraction of sp³-hybridized carbons (Fsp3) is 0.188. The van der Waals surface area contributed by atoms with Crippen LogP contribution in [0.4, 0.5) is 16.1 Å². The molecule has 4 nitrogen and oxygen atoms in total. The van der Waals surface area contributed by atoms with E-state index in [0.29, 0.717) is 23.8 Å². The SMILES string of the molecule is Cc1cc(F)ccc1CCNc1nc2ccc(N)cc2o1. The number of fused-ring (bicyclic) bond motifs is 1. The van der Waals surface area contributed by atoms with Crippen molar-refractivity contribution in [2.24, 2.45) is 0 Å². The standard InChI is InChI=1S/C16H16FN3O/c1-10-8-12(17)3-2-11(10)6-7-19-16-20-14-5-4-13(18)9-15(14)21-16/h2-5,8-9H,6-7,18H2,1H3,(H,19,20). The van der Waals surface area contributed by atoms with Crippen LogP contribution in [0.1, 0.15) is 11.1 Å². The second kappa shape index (κ2) is 5.44. The molecule has 0 saturated heterocycles. The van der Waals surface area contributed by atoms with Crippen LogP contribution < -0.4 is 11.1 Å². The molecule has 0 atom stereocenters. The lowest BCUT2D eigenvalue weighted by Gasteiger charge is -2.06. The van der Waals surface area contributed by atoms with E-state index in [-0.39, 0.29) is 5.82 Å². The highest BCUT2D eigenvalue weighted by atomic mass is 19.1. The highest BCUT2D eigenvalue weighted by Crippen LogP contribution is 2.21. The molecule has 0 aliphatic rings. The van der Waals surface area contributed by atoms with Gasteiger partial charge in [-0.15, -0.1) is 0 Å². The maximum absolute atomic E-state index is 13.0. The Morgan fingerprint density at radius 2 is 2.10 bits per heavy atom. The predicted molar refractivity (Wildman–Crippen MR) is 81.8 cm³/mol. The van der Waals surface area contributed by atoms with Gasteiger partial charge in [0.15, 0.2) is 5.58 Å². The Morgan fingerprint density at radius 3 is 2.90 bits per heavy atom. The molecule has 21 heavy (non-hydrogen) atoms. The van der Waals surface area contributed by atoms with Crippen molar-refractivity contribution in [2.45, 2.75) is 13.3 Å². The summed E-state index contributed by atoms with van der Waals surface area (Å²) in [6, 6.07) is 10.6. The van der Waals surface area contributed by atoms with Crippen LogP contribution in [0.3, 0.4) is 0 Å². The van der Waals surface area contributed by atoms with Gasteiger partial charge in [0.25, 0.3) is 6.01 Å². The van der Waals surface area contributed by atoms with E-state index in [4.69, 9.17) is 10.2 Å². The van der Waals surface area contributed by atoms with Crippen LogP contribution in [0.15, 0.2) is 40.8 Å². The zero-order valence-corrected chi connectivity index (χ0v) is 11.7. The molecular weight excluding hydrogens is 269 g/mol. The van der Waals surface area contributed by atoms with Gasteiger partial charge in [-0.05, 0) is 48.7 Å². The number of anilines is 2. The maximum atomic E-state index is 13.0. The lowest BCUT2D eigenvalue weighted by atomic mass is 10.1. The van der Waals surface area contributed by atoms with Crippen molar-refractivity contribution in [3.63, 3.8) is 0 Å². The lowest BCUT2D eigenvalue weighted by molar-refractivity contribution is 0.614. The van der Waals surface area contributed by atoms with Gasteiger partial charge in [0.1, 0.15) is 11.3 Å². The summed E-state index contributed by atoms with van der Waals surface area (Å²) in [4.78, 5) is 4.33. The average molecular weight is 285 g/mol. The van der Waals surface area contributed by atoms with Crippen LogP contribution in [0.25, 0.3) is 11.1 Å². The van der Waals surface area contributed by atoms with E-state index in [2.05, 4.69) is 10.3 Å². The number of hydrogen-bond donors (Lipinski definition) is 2. The second-order valence-corrected chi connectivity index (χ2v) is 4.99. The van der Waals surface area contributed by atoms with E-state index in [0.717, 1.165) is 23.1 Å². The number of nitrogen functional groups attached to an aromatic ring is 1. The van der Waals surface area contributed by atoms with Gasteiger partial charge < -0.3 is 15.5 Å². The van der Waals surface area contributed by atoms with E-state index >= 15 is 0 Å². The highest BCUT2D eigenvalue weighted by molar-refractivity contribution is 5.78. The van der Waals surface area contributed by atoms with Crippen molar-refractivity contribution in [2.75, 3.05) is 17.6 Å². The minimum atomic E-state index is -0.208. The molecule has 0 spiro atoms. The van der Waals surface area contributed by atoms with Gasteiger partial charge in [0, 0.05) is 18.3 Å². The van der Waals surface area contributed by atoms with Gasteiger partial charge in [0.2, 0.25) is 0 Å². The average Bonchev–Trinajstić information content (AvgIpc) is 2.83. The number of benzene rings is 2. The summed E-state index contributed by atoms with van der Waals surface area (Å²) in [5, 5.41) is 3.13. The number of rotatable bonds is 4. The van der Waals surface area contributed by atoms with Gasteiger partial charge in [-0.2, -0.15) is 4.98 Å². The lowest BCUT2D eigenvalue weighted by Crippen LogP contribution is -2.06. The number of hydrogen-bond acceptors (Lipinski definition) is 4. The van der Waals surface area contributed by atoms with Crippen molar-refractivity contribution in [3.8, 4) is 0 Å². The quantitative estimate of drug-likeness (QED) is 0.720. The molecule has 3 rings (SSSR count). The number of nitrogens with one attached hydrogen (secondary N) is 1. The first-order chi connectivity index (χ1) is 10.1. The predicted octanol–water partition coefficient (Wildman–Crippen LogP) is 3.51. The van der Waals surface area contributed by atoms with Gasteiger partial charge in [-0.3, -0.25) is 0 Å². The molecule has 0 radical (unpaired) electrons. The first-order valence-corrected chi connectivity index (χ1v) is 6.77. The fourth-order valence-corrected chi connectivity index (χ4v) is 2.26. The number of nitrogens with two attached hydrogens (primary N) is 1. The summed E-state index contributed by atoms with van der Waals surface area (Å²) < 4.78 is 18.6. The molecule has 0 bridgehead atoms. The third-order valence-electron chi connectivity index (χ3n) is 3.39. The van der Waals surface area contributed by atoms with E-state index in [1.54, 1.807) is 18.2 Å². The number of halogens is 1. The number of nitrogens with zero attached hydrogens (tertiary/aromatic N) is 1. The molecule has 0 saturated carbocycles. The Hall–Kier alpha value is -2.56. The molecule has 0 amide bonds. The number of oxazole rings is 1. The van der Waals surface area contributed by atoms with Gasteiger partial charge in [0.05, 0.1) is 0 Å². The zero-order chi connectivity index (χ0) is 14.8. The first kappa shape index (κ1) is 13.4. The van der Waals surface area contributed by atoms with Crippen LogP contribution >= 0.6 is 0 Å². The molecular formula is C16H16FN3O. The van der Waals surface area contributed by atoms with Crippen LogP contribution in [0.5, 0.6) is 0 Å². The molecule has 1 heterocycles. The van der Waals surface area contributed by atoms with Gasteiger partial charge in [-0.1, -0.05) is 6.07 Å². The maximum Gasteiger partial charge on any atom is 0.295 e. The Balaban J connectivity index is 1.66. The smallest absolute Gasteiger partial charge is 0.295 e. The van der Waals surface area contributed by atoms with Crippen molar-refractivity contribution in [3.05, 3.63) is 53.3 Å². The van der Waals surface area contributed by atoms with Gasteiger partial charge >= 0.3 is 0 Å². The molecule has 0 fully saturated rings. The van der Waals surface area contributed by atoms with Crippen LogP contribution in [-0.2, 0) is 6.42 Å². The summed E-state index contributed by atoms with van der Waals surface area (Å²) in [7, 11) is 0. The van der Waals surface area contributed by atoms with Crippen molar-refractivity contribution in [1.82, 2.24) is 4.98 Å². The molecule has 0 unspecified atom stereocenters. The Morgan fingerprint density at radius 1 is 1.24 bits per heavy atom. The first-order valence-electron chi connectivity index (χ1n) is 6.77. The molecule has 0 aliphatic carbocycles. The summed E-state index contributed by atoms with van der Waals surface area (Å²) in [5.41, 5.74) is 9.82. The zero-order valence-electron chi connectivity index (χ0n) is 11.7. The normalized spacial score (nSPS) is 11.0. The van der Waals surface area contributed by atoms with E-state index < -0.39 is 0 Å². The van der Waals surface area contributed by atoms with E-state index in [1.165, 1.54) is 12.1 Å². The van der Waals surface area contributed by atoms with E-state index in [9.17, 15) is 4.39 Å². The number of aryl methyl sites for hydroxylation is 1. The Kier molecular flexibility index (Phi) is 3.48. The van der Waals surface area contributed by atoms with Gasteiger partial charge in [-0.25, -0.2) is 4.39 Å². The van der Waals surface area contributed by atoms with Crippen LogP contribution in [-0.4, -0.2) is 11.5 Å². The van der Waals surface area contributed by atoms with Crippen LogP contribution in [0.2, 0.25) is 0 Å². The number of aromatic nitrogens is 1. The fourth-order valence-electron chi connectivity index (χ4n) is 2.26. The Labute approximate surface area is 121 Å². The minimum absolute atomic E-state index is 0.208. The molecule has 3 aromatic rings. The summed E-state index contributed by atoms with van der Waals surface area (Å²) in [5.74, 6) is -0.208. The second-order valence-electron chi connectivity index (χ2n) is 4.99. The third kappa shape index (κ3) is 2.97. The summed E-state index contributed by atoms with van der Waals surface area (Å²) in [6.07, 6.45) is 0.771. The molecule has 3 N–H and O–H groups in total. The van der Waals surface area contributed by atoms with Crippen molar-refractivity contribution >= 4 is 22.8 Å².